The molecule has 5 heteroatoms. The Bertz CT molecular complexity index is 320. The molecule has 0 aliphatic heterocycles. The van der Waals surface area contributed by atoms with Crippen LogP contribution in [0.3, 0.4) is 0 Å². The highest BCUT2D eigenvalue weighted by molar-refractivity contribution is 5.85. The molecule has 0 aromatic heterocycles. The van der Waals surface area contributed by atoms with Gasteiger partial charge in [0, 0.05) is 6.04 Å². The summed E-state index contributed by atoms with van der Waals surface area (Å²) in [6.45, 7) is 0.0193. The fraction of sp³-hybridized carbons (Fsp3) is 0.846. The second kappa shape index (κ2) is 5.69. The quantitative estimate of drug-likeness (QED) is 0.667. The lowest BCUT2D eigenvalue weighted by molar-refractivity contribution is -0.130. The Morgan fingerprint density at radius 3 is 2.39 bits per heavy atom. The van der Waals surface area contributed by atoms with Gasteiger partial charge >= 0.3 is 0 Å². The van der Waals surface area contributed by atoms with Crippen LogP contribution in [0.4, 0.5) is 0 Å². The molecule has 2 aliphatic carbocycles. The Kier molecular flexibility index (Phi) is 4.22. The zero-order valence-corrected chi connectivity index (χ0v) is 10.7. The molecule has 102 valence electrons. The van der Waals surface area contributed by atoms with Crippen molar-refractivity contribution < 1.29 is 14.7 Å². The van der Waals surface area contributed by atoms with Crippen LogP contribution in [0.5, 0.6) is 0 Å². The van der Waals surface area contributed by atoms with Gasteiger partial charge in [-0.15, -0.1) is 0 Å². The van der Waals surface area contributed by atoms with Gasteiger partial charge in [-0.05, 0) is 25.7 Å². The number of carbonyl (C=O) groups excluding carboxylic acids is 2. The molecule has 2 rings (SSSR count). The van der Waals surface area contributed by atoms with E-state index in [1.807, 2.05) is 0 Å². The summed E-state index contributed by atoms with van der Waals surface area (Å²) in [5, 5.41) is 15.6. The van der Waals surface area contributed by atoms with Crippen LogP contribution in [0.25, 0.3) is 0 Å². The van der Waals surface area contributed by atoms with Crippen molar-refractivity contribution in [2.45, 2.75) is 63.0 Å². The molecule has 0 saturated heterocycles. The number of nitrogens with one attached hydrogen (secondary N) is 2. The predicted molar refractivity (Wildman–Crippen MR) is 66.8 cm³/mol. The van der Waals surface area contributed by atoms with E-state index < -0.39 is 5.60 Å². The molecule has 2 amide bonds. The molecule has 0 heterocycles. The highest BCUT2D eigenvalue weighted by atomic mass is 16.3. The standard InChI is InChI=1S/C13H22N2O3/c16-11(8-13(18)6-2-1-3-7-13)14-9-12(17)15-10-4-5-10/h10,18H,1-9H2,(H,14,16)(H,15,17). The SMILES string of the molecule is O=C(CC1(O)CCCCC1)NCC(=O)NC1CC1. The summed E-state index contributed by atoms with van der Waals surface area (Å²) in [7, 11) is 0. The zero-order valence-electron chi connectivity index (χ0n) is 10.7. The normalized spacial score (nSPS) is 22.3. The largest absolute Gasteiger partial charge is 0.389 e. The molecule has 0 bridgehead atoms. The monoisotopic (exact) mass is 254 g/mol. The van der Waals surface area contributed by atoms with E-state index in [0.717, 1.165) is 32.1 Å². The summed E-state index contributed by atoms with van der Waals surface area (Å²) in [6, 6.07) is 0.317. The first-order valence-corrected chi connectivity index (χ1v) is 6.86. The first-order chi connectivity index (χ1) is 8.57. The van der Waals surface area contributed by atoms with Crippen molar-refractivity contribution in [2.24, 2.45) is 0 Å². The minimum atomic E-state index is -0.852. The van der Waals surface area contributed by atoms with Gasteiger partial charge in [0.05, 0.1) is 18.6 Å². The average Bonchev–Trinajstić information content (AvgIpc) is 3.11. The van der Waals surface area contributed by atoms with Crippen molar-refractivity contribution in [1.29, 1.82) is 0 Å². The average molecular weight is 254 g/mol. The molecule has 2 saturated carbocycles. The number of hydrogen-bond donors (Lipinski definition) is 3. The topological polar surface area (TPSA) is 78.4 Å². The van der Waals surface area contributed by atoms with Crippen molar-refractivity contribution in [3.05, 3.63) is 0 Å². The molecule has 0 aromatic rings. The molecule has 3 N–H and O–H groups in total. The van der Waals surface area contributed by atoms with Crippen LogP contribution in [0.2, 0.25) is 0 Å². The summed E-state index contributed by atoms with van der Waals surface area (Å²) in [6.07, 6.45) is 6.66. The van der Waals surface area contributed by atoms with Gasteiger partial charge in [-0.2, -0.15) is 0 Å². The molecule has 5 nitrogen and oxygen atoms in total. The molecule has 0 aromatic carbocycles. The van der Waals surface area contributed by atoms with E-state index in [1.165, 1.54) is 0 Å². The molecule has 18 heavy (non-hydrogen) atoms. The third-order valence-corrected chi connectivity index (χ3v) is 3.66. The molecular formula is C13H22N2O3. The highest BCUT2D eigenvalue weighted by Gasteiger charge is 2.31. The molecule has 0 unspecified atom stereocenters. The molecule has 2 aliphatic rings. The molecular weight excluding hydrogens is 232 g/mol. The van der Waals surface area contributed by atoms with Gasteiger partial charge in [0.15, 0.2) is 0 Å². The lowest BCUT2D eigenvalue weighted by Crippen LogP contribution is -2.42. The maximum atomic E-state index is 11.7. The summed E-state index contributed by atoms with van der Waals surface area (Å²) >= 11 is 0. The van der Waals surface area contributed by atoms with E-state index in [2.05, 4.69) is 10.6 Å². The summed E-state index contributed by atoms with van der Waals surface area (Å²) < 4.78 is 0. The van der Waals surface area contributed by atoms with E-state index in [4.69, 9.17) is 0 Å². The molecule has 0 radical (unpaired) electrons. The molecule has 2 fully saturated rings. The fourth-order valence-electron chi connectivity index (χ4n) is 2.43. The van der Waals surface area contributed by atoms with E-state index in [0.29, 0.717) is 18.9 Å². The summed E-state index contributed by atoms with van der Waals surface area (Å²) in [5.74, 6) is -0.369. The van der Waals surface area contributed by atoms with Gasteiger partial charge < -0.3 is 15.7 Å². The number of aliphatic hydroxyl groups is 1. The number of carbonyl (C=O) groups is 2. The van der Waals surface area contributed by atoms with E-state index >= 15 is 0 Å². The van der Waals surface area contributed by atoms with Crippen molar-refractivity contribution >= 4 is 11.8 Å². The third kappa shape index (κ3) is 4.29. The van der Waals surface area contributed by atoms with Gasteiger partial charge in [0.1, 0.15) is 0 Å². The van der Waals surface area contributed by atoms with E-state index in [-0.39, 0.29) is 24.8 Å². The van der Waals surface area contributed by atoms with Crippen molar-refractivity contribution in [1.82, 2.24) is 10.6 Å². The second-order valence-corrected chi connectivity index (χ2v) is 5.58. The molecule has 0 spiro atoms. The Hall–Kier alpha value is -1.10. The van der Waals surface area contributed by atoms with Gasteiger partial charge in [-0.1, -0.05) is 19.3 Å². The lowest BCUT2D eigenvalue weighted by Gasteiger charge is -2.31. The maximum absolute atomic E-state index is 11.7. The summed E-state index contributed by atoms with van der Waals surface area (Å²) in [4.78, 5) is 23.1. The predicted octanol–water partition coefficient (Wildman–Crippen LogP) is 0.466. The lowest BCUT2D eigenvalue weighted by atomic mass is 9.82. The second-order valence-electron chi connectivity index (χ2n) is 5.58. The third-order valence-electron chi connectivity index (χ3n) is 3.66. The Labute approximate surface area is 107 Å². The Balaban J connectivity index is 1.65. The fourth-order valence-corrected chi connectivity index (χ4v) is 2.43. The Morgan fingerprint density at radius 1 is 1.11 bits per heavy atom. The van der Waals surface area contributed by atoms with Gasteiger partial charge in [0.2, 0.25) is 11.8 Å². The van der Waals surface area contributed by atoms with E-state index in [9.17, 15) is 14.7 Å². The first kappa shape index (κ1) is 13.3. The van der Waals surface area contributed by atoms with Crippen LogP contribution in [0.15, 0.2) is 0 Å². The number of amides is 2. The minimum Gasteiger partial charge on any atom is -0.389 e. The van der Waals surface area contributed by atoms with Crippen LogP contribution in [0.1, 0.15) is 51.4 Å². The van der Waals surface area contributed by atoms with Crippen LogP contribution >= 0.6 is 0 Å². The molecule has 0 atom stereocenters. The van der Waals surface area contributed by atoms with E-state index in [1.54, 1.807) is 0 Å². The van der Waals surface area contributed by atoms with Gasteiger partial charge in [-0.3, -0.25) is 9.59 Å². The van der Waals surface area contributed by atoms with Crippen molar-refractivity contribution in [2.75, 3.05) is 6.54 Å². The van der Waals surface area contributed by atoms with Gasteiger partial charge in [0.25, 0.3) is 0 Å². The first-order valence-electron chi connectivity index (χ1n) is 6.86. The smallest absolute Gasteiger partial charge is 0.239 e. The van der Waals surface area contributed by atoms with Crippen LogP contribution in [-0.2, 0) is 9.59 Å². The van der Waals surface area contributed by atoms with Crippen molar-refractivity contribution in [3.63, 3.8) is 0 Å². The highest BCUT2D eigenvalue weighted by Crippen LogP contribution is 2.30. The summed E-state index contributed by atoms with van der Waals surface area (Å²) in [5.41, 5.74) is -0.852. The zero-order chi connectivity index (χ0) is 13.0. The maximum Gasteiger partial charge on any atom is 0.239 e. The van der Waals surface area contributed by atoms with Crippen LogP contribution < -0.4 is 10.6 Å². The minimum absolute atomic E-state index is 0.0193. The van der Waals surface area contributed by atoms with Gasteiger partial charge in [-0.25, -0.2) is 0 Å². The van der Waals surface area contributed by atoms with Crippen LogP contribution in [-0.4, -0.2) is 35.1 Å². The van der Waals surface area contributed by atoms with Crippen molar-refractivity contribution in [3.8, 4) is 0 Å². The van der Waals surface area contributed by atoms with Crippen LogP contribution in [0, 0.1) is 0 Å². The Morgan fingerprint density at radius 2 is 1.78 bits per heavy atom. The number of rotatable bonds is 5. The number of hydrogen-bond acceptors (Lipinski definition) is 3.